The van der Waals surface area contributed by atoms with Gasteiger partial charge in [-0.2, -0.15) is 0 Å². The lowest BCUT2D eigenvalue weighted by Crippen LogP contribution is -1.91. The third kappa shape index (κ3) is 1.35. The molecule has 0 unspecified atom stereocenters. The monoisotopic (exact) mass is 252 g/mol. The molecule has 0 spiro atoms. The van der Waals surface area contributed by atoms with Gasteiger partial charge in [-0.25, -0.2) is 4.98 Å². The summed E-state index contributed by atoms with van der Waals surface area (Å²) in [6, 6.07) is 3.80. The molecule has 2 heterocycles. The number of carbonyl (C=O) groups excluding carboxylic acids is 1. The Bertz CT molecular complexity index is 490. The molecule has 72 valence electrons. The van der Waals surface area contributed by atoms with Gasteiger partial charge >= 0.3 is 0 Å². The molecule has 2 aromatic heterocycles. The Labute approximate surface area is 89.9 Å². The third-order valence-electron chi connectivity index (χ3n) is 2.13. The Hall–Kier alpha value is -1.16. The van der Waals surface area contributed by atoms with Crippen molar-refractivity contribution in [2.24, 2.45) is 0 Å². The van der Waals surface area contributed by atoms with Gasteiger partial charge in [-0.3, -0.25) is 4.79 Å². The molecule has 0 fully saturated rings. The first-order chi connectivity index (χ1) is 6.76. The highest BCUT2D eigenvalue weighted by Gasteiger charge is 2.08. The van der Waals surface area contributed by atoms with Crippen LogP contribution in [0.2, 0.25) is 0 Å². The van der Waals surface area contributed by atoms with Crippen molar-refractivity contribution in [3.63, 3.8) is 0 Å². The highest BCUT2D eigenvalue weighted by molar-refractivity contribution is 9.10. The van der Waals surface area contributed by atoms with Gasteiger partial charge < -0.3 is 4.40 Å². The third-order valence-corrected chi connectivity index (χ3v) is 2.60. The summed E-state index contributed by atoms with van der Waals surface area (Å²) in [5.74, 6) is 0.906. The fourth-order valence-electron chi connectivity index (χ4n) is 1.48. The van der Waals surface area contributed by atoms with Crippen LogP contribution in [0.25, 0.3) is 5.52 Å². The zero-order valence-electron chi connectivity index (χ0n) is 7.70. The second-order valence-corrected chi connectivity index (χ2v) is 3.90. The maximum Gasteiger partial charge on any atom is 0.170 e. The highest BCUT2D eigenvalue weighted by Crippen LogP contribution is 2.16. The van der Waals surface area contributed by atoms with Gasteiger partial charge in [0.2, 0.25) is 0 Å². The van der Waals surface area contributed by atoms with Crippen molar-refractivity contribution in [3.05, 3.63) is 34.3 Å². The Morgan fingerprint density at radius 3 is 3.00 bits per heavy atom. The zero-order valence-corrected chi connectivity index (χ0v) is 9.28. The van der Waals surface area contributed by atoms with Gasteiger partial charge in [-0.05, 0) is 28.1 Å². The molecule has 0 N–H and O–H groups in total. The van der Waals surface area contributed by atoms with E-state index in [2.05, 4.69) is 20.9 Å². The molecule has 2 aromatic rings. The molecule has 0 aliphatic rings. The van der Waals surface area contributed by atoms with E-state index in [9.17, 15) is 4.79 Å². The molecular formula is C10H9BrN2O. The summed E-state index contributed by atoms with van der Waals surface area (Å²) in [6.07, 6.45) is 3.53. The normalized spacial score (nSPS) is 10.7. The first-order valence-electron chi connectivity index (χ1n) is 4.38. The summed E-state index contributed by atoms with van der Waals surface area (Å²) in [7, 11) is 0. The van der Waals surface area contributed by atoms with Crippen LogP contribution in [-0.2, 0) is 6.42 Å². The minimum atomic E-state index is 0.509. The maximum absolute atomic E-state index is 10.7. The largest absolute Gasteiger partial charge is 0.302 e. The molecule has 0 aliphatic carbocycles. The number of carbonyl (C=O) groups is 1. The number of rotatable bonds is 2. The Kier molecular flexibility index (Phi) is 2.37. The molecule has 3 nitrogen and oxygen atoms in total. The van der Waals surface area contributed by atoms with E-state index in [1.807, 2.05) is 29.7 Å². The van der Waals surface area contributed by atoms with E-state index in [-0.39, 0.29) is 0 Å². The van der Waals surface area contributed by atoms with Gasteiger partial charge in [0.25, 0.3) is 0 Å². The van der Waals surface area contributed by atoms with Gasteiger partial charge in [0, 0.05) is 17.1 Å². The van der Waals surface area contributed by atoms with E-state index in [1.165, 1.54) is 0 Å². The minimum Gasteiger partial charge on any atom is -0.302 e. The summed E-state index contributed by atoms with van der Waals surface area (Å²) >= 11 is 3.39. The van der Waals surface area contributed by atoms with Gasteiger partial charge in [-0.15, -0.1) is 0 Å². The number of hydrogen-bond donors (Lipinski definition) is 0. The lowest BCUT2D eigenvalue weighted by Gasteiger charge is -1.98. The molecule has 0 radical (unpaired) electrons. The van der Waals surface area contributed by atoms with Crippen LogP contribution in [0.3, 0.4) is 0 Å². The lowest BCUT2D eigenvalue weighted by molar-refractivity contribution is 0.112. The molecule has 0 bridgehead atoms. The quantitative estimate of drug-likeness (QED) is 0.770. The summed E-state index contributed by atoms with van der Waals surface area (Å²) in [4.78, 5) is 15.0. The van der Waals surface area contributed by atoms with Crippen LogP contribution < -0.4 is 0 Å². The average Bonchev–Trinajstić information content (AvgIpc) is 2.55. The fraction of sp³-hybridized carbons (Fsp3) is 0.200. The molecule has 2 rings (SSSR count). The van der Waals surface area contributed by atoms with Gasteiger partial charge in [0.15, 0.2) is 6.29 Å². The topological polar surface area (TPSA) is 34.4 Å². The van der Waals surface area contributed by atoms with Crippen molar-refractivity contribution in [1.29, 1.82) is 0 Å². The van der Waals surface area contributed by atoms with Crippen molar-refractivity contribution in [1.82, 2.24) is 9.38 Å². The minimum absolute atomic E-state index is 0.509. The van der Waals surface area contributed by atoms with Crippen molar-refractivity contribution < 1.29 is 4.79 Å². The van der Waals surface area contributed by atoms with Crippen LogP contribution in [0.1, 0.15) is 23.2 Å². The predicted octanol–water partition coefficient (Wildman–Crippen LogP) is 2.47. The first-order valence-corrected chi connectivity index (χ1v) is 5.17. The molecular weight excluding hydrogens is 244 g/mol. The molecule has 0 saturated heterocycles. The number of fused-ring (bicyclic) bond motifs is 1. The fourth-order valence-corrected chi connectivity index (χ4v) is 1.82. The summed E-state index contributed by atoms with van der Waals surface area (Å²) in [5.41, 5.74) is 1.37. The number of imidazole rings is 1. The highest BCUT2D eigenvalue weighted by atomic mass is 79.9. The van der Waals surface area contributed by atoms with Crippen LogP contribution in [0.15, 0.2) is 22.8 Å². The van der Waals surface area contributed by atoms with Gasteiger partial charge in [0.05, 0.1) is 5.52 Å². The number of aldehydes is 1. The van der Waals surface area contributed by atoms with Crippen molar-refractivity contribution >= 4 is 27.7 Å². The number of aryl methyl sites for hydroxylation is 1. The Morgan fingerprint density at radius 1 is 1.57 bits per heavy atom. The average molecular weight is 253 g/mol. The van der Waals surface area contributed by atoms with Gasteiger partial charge in [0.1, 0.15) is 11.5 Å². The number of nitrogens with zero attached hydrogens (tertiary/aromatic N) is 2. The lowest BCUT2D eigenvalue weighted by atomic mass is 10.3. The van der Waals surface area contributed by atoms with E-state index in [1.54, 1.807) is 0 Å². The SMILES string of the molecule is CCc1nc(C=O)c2ccc(Br)cn12. The Balaban J connectivity index is 2.82. The molecule has 14 heavy (non-hydrogen) atoms. The van der Waals surface area contributed by atoms with Gasteiger partial charge in [-0.1, -0.05) is 6.92 Å². The summed E-state index contributed by atoms with van der Waals surface area (Å²) in [5, 5.41) is 0. The Morgan fingerprint density at radius 2 is 2.36 bits per heavy atom. The molecule has 0 atom stereocenters. The van der Waals surface area contributed by atoms with E-state index in [0.717, 1.165) is 28.5 Å². The van der Waals surface area contributed by atoms with E-state index in [0.29, 0.717) is 5.69 Å². The predicted molar refractivity (Wildman–Crippen MR) is 57.7 cm³/mol. The maximum atomic E-state index is 10.7. The smallest absolute Gasteiger partial charge is 0.170 e. The zero-order chi connectivity index (χ0) is 10.1. The molecule has 4 heteroatoms. The van der Waals surface area contributed by atoms with Crippen LogP contribution in [-0.4, -0.2) is 15.7 Å². The number of halogens is 1. The van der Waals surface area contributed by atoms with Crippen LogP contribution in [0.5, 0.6) is 0 Å². The summed E-state index contributed by atoms with van der Waals surface area (Å²) < 4.78 is 2.92. The molecule has 0 saturated carbocycles. The van der Waals surface area contributed by atoms with Crippen LogP contribution in [0.4, 0.5) is 0 Å². The number of pyridine rings is 1. The first kappa shape index (κ1) is 9.40. The second-order valence-electron chi connectivity index (χ2n) is 2.99. The van der Waals surface area contributed by atoms with Crippen LogP contribution in [0, 0.1) is 0 Å². The van der Waals surface area contributed by atoms with Crippen molar-refractivity contribution in [2.45, 2.75) is 13.3 Å². The number of aromatic nitrogens is 2. The summed E-state index contributed by atoms with van der Waals surface area (Å²) in [6.45, 7) is 2.02. The van der Waals surface area contributed by atoms with E-state index < -0.39 is 0 Å². The standard InChI is InChI=1S/C10H9BrN2O/c1-2-10-12-8(6-14)9-4-3-7(11)5-13(9)10/h3-6H,2H2,1H3. The molecule has 0 aromatic carbocycles. The van der Waals surface area contributed by atoms with Crippen LogP contribution >= 0.6 is 15.9 Å². The number of hydrogen-bond acceptors (Lipinski definition) is 2. The molecule has 0 aliphatic heterocycles. The molecule has 0 amide bonds. The van der Waals surface area contributed by atoms with Crippen molar-refractivity contribution in [3.8, 4) is 0 Å². The van der Waals surface area contributed by atoms with Crippen molar-refractivity contribution in [2.75, 3.05) is 0 Å². The van der Waals surface area contributed by atoms with E-state index in [4.69, 9.17) is 0 Å². The second kappa shape index (κ2) is 3.53. The van der Waals surface area contributed by atoms with E-state index >= 15 is 0 Å².